The van der Waals surface area contributed by atoms with Crippen LogP contribution in [0.15, 0.2) is 148 Å². The first-order valence-electron chi connectivity index (χ1n) is 13.9. The highest BCUT2D eigenvalue weighted by Gasteiger charge is 2.22. The van der Waals surface area contributed by atoms with E-state index in [2.05, 4.69) is 120 Å². The van der Waals surface area contributed by atoms with Crippen LogP contribution in [0.5, 0.6) is 0 Å². The molecule has 0 saturated heterocycles. The SMILES string of the molecule is c1ccc2c(c1)cc(N(c1ccc3oc4ccccc4c3c1)c1cccc3oc4ccccc4c13)c1ccccc12. The predicted octanol–water partition coefficient (Wildman–Crippen LogP) is 11.3. The molecular weight excluding hydrogens is 502 g/mol. The highest BCUT2D eigenvalue weighted by atomic mass is 16.3. The van der Waals surface area contributed by atoms with Crippen LogP contribution >= 0.6 is 0 Å². The van der Waals surface area contributed by atoms with E-state index in [9.17, 15) is 0 Å². The monoisotopic (exact) mass is 525 g/mol. The smallest absolute Gasteiger partial charge is 0.137 e. The molecule has 0 fully saturated rings. The number of anilines is 3. The van der Waals surface area contributed by atoms with Gasteiger partial charge in [0.25, 0.3) is 0 Å². The van der Waals surface area contributed by atoms with Crippen molar-refractivity contribution in [1.29, 1.82) is 0 Å². The molecule has 0 spiro atoms. The minimum Gasteiger partial charge on any atom is -0.456 e. The van der Waals surface area contributed by atoms with Gasteiger partial charge in [0.05, 0.1) is 16.8 Å². The summed E-state index contributed by atoms with van der Waals surface area (Å²) in [5.74, 6) is 0. The quantitative estimate of drug-likeness (QED) is 0.215. The first-order valence-corrected chi connectivity index (χ1v) is 13.9. The van der Waals surface area contributed by atoms with E-state index in [0.29, 0.717) is 0 Å². The van der Waals surface area contributed by atoms with Crippen molar-refractivity contribution in [2.45, 2.75) is 0 Å². The van der Waals surface area contributed by atoms with Crippen molar-refractivity contribution < 1.29 is 8.83 Å². The van der Waals surface area contributed by atoms with Crippen LogP contribution < -0.4 is 4.90 Å². The Balaban J connectivity index is 1.43. The molecule has 192 valence electrons. The molecule has 9 aromatic rings. The van der Waals surface area contributed by atoms with Gasteiger partial charge < -0.3 is 13.7 Å². The number of rotatable bonds is 3. The summed E-state index contributed by atoms with van der Waals surface area (Å²) in [6.45, 7) is 0. The third kappa shape index (κ3) is 3.26. The fraction of sp³-hybridized carbons (Fsp3) is 0. The molecule has 0 amide bonds. The Kier molecular flexibility index (Phi) is 4.61. The molecule has 2 aromatic heterocycles. The summed E-state index contributed by atoms with van der Waals surface area (Å²) < 4.78 is 12.6. The maximum Gasteiger partial charge on any atom is 0.137 e. The Morgan fingerprint density at radius 1 is 0.366 bits per heavy atom. The second-order valence-corrected chi connectivity index (χ2v) is 10.5. The zero-order valence-corrected chi connectivity index (χ0v) is 22.0. The summed E-state index contributed by atoms with van der Waals surface area (Å²) in [5, 5.41) is 9.26. The minimum absolute atomic E-state index is 0.869. The molecule has 3 nitrogen and oxygen atoms in total. The van der Waals surface area contributed by atoms with E-state index in [1.54, 1.807) is 0 Å². The van der Waals surface area contributed by atoms with Crippen LogP contribution in [0, 0.1) is 0 Å². The topological polar surface area (TPSA) is 29.5 Å². The van der Waals surface area contributed by atoms with Crippen LogP contribution in [0.1, 0.15) is 0 Å². The maximum atomic E-state index is 6.35. The molecule has 0 atom stereocenters. The normalized spacial score (nSPS) is 11.9. The molecule has 7 aromatic carbocycles. The van der Waals surface area contributed by atoms with Gasteiger partial charge in [-0.05, 0) is 64.7 Å². The van der Waals surface area contributed by atoms with Gasteiger partial charge in [0, 0.05) is 27.2 Å². The van der Waals surface area contributed by atoms with Gasteiger partial charge in [-0.1, -0.05) is 91.0 Å². The third-order valence-corrected chi connectivity index (χ3v) is 8.23. The molecule has 0 bridgehead atoms. The standard InChI is InChI=1S/C38H23NO2/c1-2-11-26-24(10-1)22-33(28-13-4-3-12-27(26)28)39(25-20-21-36-31(23-25)29-14-5-7-17-34(29)40-36)32-16-9-19-37-38(32)30-15-6-8-18-35(30)41-37/h1-23H. The third-order valence-electron chi connectivity index (χ3n) is 8.23. The molecule has 3 heteroatoms. The molecule has 9 rings (SSSR count). The summed E-state index contributed by atoms with van der Waals surface area (Å²) in [6, 6.07) is 49.0. The van der Waals surface area contributed by atoms with Crippen molar-refractivity contribution in [2.24, 2.45) is 0 Å². The van der Waals surface area contributed by atoms with Gasteiger partial charge in [-0.25, -0.2) is 0 Å². The molecule has 41 heavy (non-hydrogen) atoms. The molecular formula is C38H23NO2. The van der Waals surface area contributed by atoms with Crippen LogP contribution in [0.4, 0.5) is 17.1 Å². The lowest BCUT2D eigenvalue weighted by Crippen LogP contribution is -2.11. The van der Waals surface area contributed by atoms with Gasteiger partial charge in [0.2, 0.25) is 0 Å². The summed E-state index contributed by atoms with van der Waals surface area (Å²) >= 11 is 0. The number of hydrogen-bond acceptors (Lipinski definition) is 3. The Morgan fingerprint density at radius 2 is 0.976 bits per heavy atom. The molecule has 2 heterocycles. The van der Waals surface area contributed by atoms with Crippen LogP contribution in [-0.2, 0) is 0 Å². The lowest BCUT2D eigenvalue weighted by Gasteiger charge is -2.28. The highest BCUT2D eigenvalue weighted by Crippen LogP contribution is 2.47. The lowest BCUT2D eigenvalue weighted by molar-refractivity contribution is 0.668. The molecule has 0 unspecified atom stereocenters. The van der Waals surface area contributed by atoms with E-state index in [4.69, 9.17) is 8.83 Å². The Morgan fingerprint density at radius 3 is 1.83 bits per heavy atom. The van der Waals surface area contributed by atoms with E-state index in [1.165, 1.54) is 21.5 Å². The van der Waals surface area contributed by atoms with E-state index in [-0.39, 0.29) is 0 Å². The Bertz CT molecular complexity index is 2450. The summed E-state index contributed by atoms with van der Waals surface area (Å²) in [5.41, 5.74) is 6.77. The second kappa shape index (κ2) is 8.48. The van der Waals surface area contributed by atoms with Gasteiger partial charge in [-0.15, -0.1) is 0 Å². The van der Waals surface area contributed by atoms with Crippen molar-refractivity contribution in [3.05, 3.63) is 140 Å². The number of benzene rings is 7. The molecule has 0 aliphatic carbocycles. The fourth-order valence-corrected chi connectivity index (χ4v) is 6.42. The molecule has 0 aliphatic heterocycles. The average Bonchev–Trinajstić information content (AvgIpc) is 3.60. The van der Waals surface area contributed by atoms with Gasteiger partial charge in [0.1, 0.15) is 22.3 Å². The largest absolute Gasteiger partial charge is 0.456 e. The predicted molar refractivity (Wildman–Crippen MR) is 171 cm³/mol. The molecule has 0 aliphatic rings. The first kappa shape index (κ1) is 22.3. The van der Waals surface area contributed by atoms with Gasteiger partial charge in [-0.3, -0.25) is 0 Å². The van der Waals surface area contributed by atoms with Gasteiger partial charge in [0.15, 0.2) is 0 Å². The van der Waals surface area contributed by atoms with Gasteiger partial charge in [-0.2, -0.15) is 0 Å². The van der Waals surface area contributed by atoms with Crippen molar-refractivity contribution in [1.82, 2.24) is 0 Å². The van der Waals surface area contributed by atoms with Crippen molar-refractivity contribution in [3.63, 3.8) is 0 Å². The highest BCUT2D eigenvalue weighted by molar-refractivity contribution is 6.18. The van der Waals surface area contributed by atoms with Crippen molar-refractivity contribution in [2.75, 3.05) is 4.90 Å². The summed E-state index contributed by atoms with van der Waals surface area (Å²) in [4.78, 5) is 2.39. The van der Waals surface area contributed by atoms with E-state index in [1.807, 2.05) is 24.3 Å². The summed E-state index contributed by atoms with van der Waals surface area (Å²) in [7, 11) is 0. The Hall–Kier alpha value is -5.54. The van der Waals surface area contributed by atoms with E-state index >= 15 is 0 Å². The maximum absolute atomic E-state index is 6.35. The molecule has 0 saturated carbocycles. The van der Waals surface area contributed by atoms with Crippen LogP contribution in [-0.4, -0.2) is 0 Å². The fourth-order valence-electron chi connectivity index (χ4n) is 6.42. The number of fused-ring (bicyclic) bond motifs is 9. The number of para-hydroxylation sites is 2. The lowest BCUT2D eigenvalue weighted by atomic mass is 9.98. The van der Waals surface area contributed by atoms with Crippen molar-refractivity contribution in [3.8, 4) is 0 Å². The second-order valence-electron chi connectivity index (χ2n) is 10.5. The zero-order valence-electron chi connectivity index (χ0n) is 22.0. The molecule has 0 N–H and O–H groups in total. The minimum atomic E-state index is 0.869. The number of furan rings is 2. The van der Waals surface area contributed by atoms with Gasteiger partial charge >= 0.3 is 0 Å². The zero-order chi connectivity index (χ0) is 26.9. The van der Waals surface area contributed by atoms with Crippen LogP contribution in [0.2, 0.25) is 0 Å². The summed E-state index contributed by atoms with van der Waals surface area (Å²) in [6.07, 6.45) is 0. The van der Waals surface area contributed by atoms with E-state index < -0.39 is 0 Å². The molecule has 0 radical (unpaired) electrons. The van der Waals surface area contributed by atoms with Crippen LogP contribution in [0.3, 0.4) is 0 Å². The average molecular weight is 526 g/mol. The Labute approximate surface area is 235 Å². The van der Waals surface area contributed by atoms with Crippen LogP contribution in [0.25, 0.3) is 65.4 Å². The number of nitrogens with zero attached hydrogens (tertiary/aromatic N) is 1. The number of hydrogen-bond donors (Lipinski definition) is 0. The first-order chi connectivity index (χ1) is 20.3. The van der Waals surface area contributed by atoms with E-state index in [0.717, 1.165) is 60.9 Å². The van der Waals surface area contributed by atoms with Crippen molar-refractivity contribution >= 4 is 82.5 Å².